The molecule has 1 aromatic heterocycles. The molecule has 0 spiro atoms. The minimum atomic E-state index is -0.846. The summed E-state index contributed by atoms with van der Waals surface area (Å²) in [7, 11) is 0. The summed E-state index contributed by atoms with van der Waals surface area (Å²) in [5.41, 5.74) is 1.36. The van der Waals surface area contributed by atoms with Crippen LogP contribution in [0.25, 0.3) is 10.9 Å². The SMILES string of the molecule is Fc1ccc2cnn(CN3CCN(c4ccc(Cl)cc4)CC3)c2c1F. The van der Waals surface area contributed by atoms with Gasteiger partial charge in [0.15, 0.2) is 11.6 Å². The number of benzene rings is 2. The van der Waals surface area contributed by atoms with Crippen molar-refractivity contribution in [1.29, 1.82) is 0 Å². The summed E-state index contributed by atoms with van der Waals surface area (Å²) < 4.78 is 29.1. The standard InChI is InChI=1S/C18H17ClF2N4/c19-14-2-4-15(5-3-14)24-9-7-23(8-10-24)12-25-18-13(11-22-25)1-6-16(20)17(18)21/h1-6,11H,7-10,12H2. The van der Waals surface area contributed by atoms with E-state index in [4.69, 9.17) is 11.6 Å². The van der Waals surface area contributed by atoms with Gasteiger partial charge in [-0.3, -0.25) is 4.90 Å². The predicted octanol–water partition coefficient (Wildman–Crippen LogP) is 3.75. The summed E-state index contributed by atoms with van der Waals surface area (Å²) in [6.45, 7) is 3.80. The number of piperazine rings is 1. The van der Waals surface area contributed by atoms with E-state index in [-0.39, 0.29) is 5.52 Å². The minimum absolute atomic E-state index is 0.222. The lowest BCUT2D eigenvalue weighted by atomic mass is 10.2. The second-order valence-electron chi connectivity index (χ2n) is 6.17. The molecule has 1 fully saturated rings. The highest BCUT2D eigenvalue weighted by Crippen LogP contribution is 2.22. The zero-order valence-electron chi connectivity index (χ0n) is 13.5. The summed E-state index contributed by atoms with van der Waals surface area (Å²) in [4.78, 5) is 4.47. The van der Waals surface area contributed by atoms with E-state index >= 15 is 0 Å². The van der Waals surface area contributed by atoms with Crippen molar-refractivity contribution in [3.05, 3.63) is 59.3 Å². The van der Waals surface area contributed by atoms with Gasteiger partial charge in [-0.2, -0.15) is 5.10 Å². The molecule has 25 heavy (non-hydrogen) atoms. The number of hydrogen-bond acceptors (Lipinski definition) is 3. The molecule has 0 radical (unpaired) electrons. The Kier molecular flexibility index (Phi) is 4.31. The van der Waals surface area contributed by atoms with Crippen molar-refractivity contribution in [3.8, 4) is 0 Å². The zero-order chi connectivity index (χ0) is 17.4. The molecule has 0 bridgehead atoms. The normalized spacial score (nSPS) is 15.9. The largest absolute Gasteiger partial charge is 0.369 e. The van der Waals surface area contributed by atoms with E-state index < -0.39 is 11.6 Å². The van der Waals surface area contributed by atoms with Crippen LogP contribution in [0.2, 0.25) is 5.02 Å². The fraction of sp³-hybridized carbons (Fsp3) is 0.278. The van der Waals surface area contributed by atoms with Crippen molar-refractivity contribution in [2.75, 3.05) is 31.1 Å². The molecule has 130 valence electrons. The molecule has 0 N–H and O–H groups in total. The van der Waals surface area contributed by atoms with Crippen LogP contribution in [0.1, 0.15) is 0 Å². The lowest BCUT2D eigenvalue weighted by Gasteiger charge is -2.36. The number of rotatable bonds is 3. The second-order valence-corrected chi connectivity index (χ2v) is 6.60. The summed E-state index contributed by atoms with van der Waals surface area (Å²) in [6.07, 6.45) is 1.57. The Morgan fingerprint density at radius 3 is 2.40 bits per heavy atom. The van der Waals surface area contributed by atoms with Gasteiger partial charge in [0.1, 0.15) is 5.52 Å². The highest BCUT2D eigenvalue weighted by Gasteiger charge is 2.19. The second kappa shape index (κ2) is 6.61. The number of fused-ring (bicyclic) bond motifs is 1. The molecular weight excluding hydrogens is 346 g/mol. The summed E-state index contributed by atoms with van der Waals surface area (Å²) >= 11 is 5.93. The Morgan fingerprint density at radius 1 is 0.960 bits per heavy atom. The predicted molar refractivity (Wildman–Crippen MR) is 94.9 cm³/mol. The fourth-order valence-electron chi connectivity index (χ4n) is 3.21. The molecule has 1 saturated heterocycles. The van der Waals surface area contributed by atoms with E-state index in [0.717, 1.165) is 43.0 Å². The van der Waals surface area contributed by atoms with Crippen molar-refractivity contribution in [3.63, 3.8) is 0 Å². The molecule has 4 rings (SSSR count). The smallest absolute Gasteiger partial charge is 0.184 e. The monoisotopic (exact) mass is 362 g/mol. The highest BCUT2D eigenvalue weighted by molar-refractivity contribution is 6.30. The average molecular weight is 363 g/mol. The molecule has 0 unspecified atom stereocenters. The first kappa shape index (κ1) is 16.3. The molecule has 1 aliphatic heterocycles. The van der Waals surface area contributed by atoms with Crippen LogP contribution in [0, 0.1) is 11.6 Å². The Balaban J connectivity index is 1.45. The van der Waals surface area contributed by atoms with Gasteiger partial charge in [-0.1, -0.05) is 11.6 Å². The summed E-state index contributed by atoms with van der Waals surface area (Å²) in [5, 5.41) is 5.55. The third-order valence-corrected chi connectivity index (χ3v) is 4.84. The van der Waals surface area contributed by atoms with E-state index in [9.17, 15) is 8.78 Å². The van der Waals surface area contributed by atoms with Gasteiger partial charge in [0.25, 0.3) is 0 Å². The number of nitrogens with zero attached hydrogens (tertiary/aromatic N) is 4. The molecule has 0 atom stereocenters. The van der Waals surface area contributed by atoms with Gasteiger partial charge in [0.2, 0.25) is 0 Å². The van der Waals surface area contributed by atoms with Gasteiger partial charge >= 0.3 is 0 Å². The van der Waals surface area contributed by atoms with Gasteiger partial charge in [-0.25, -0.2) is 13.5 Å². The van der Waals surface area contributed by atoms with Crippen molar-refractivity contribution in [2.45, 2.75) is 6.67 Å². The van der Waals surface area contributed by atoms with Crippen molar-refractivity contribution in [1.82, 2.24) is 14.7 Å². The molecule has 1 aliphatic rings. The van der Waals surface area contributed by atoms with Crippen molar-refractivity contribution < 1.29 is 8.78 Å². The molecular formula is C18H17ClF2N4. The maximum Gasteiger partial charge on any atom is 0.184 e. The van der Waals surface area contributed by atoms with E-state index in [1.807, 2.05) is 24.3 Å². The Hall–Kier alpha value is -2.18. The number of aromatic nitrogens is 2. The first-order valence-electron chi connectivity index (χ1n) is 8.14. The molecule has 0 amide bonds. The molecule has 0 aliphatic carbocycles. The third-order valence-electron chi connectivity index (χ3n) is 4.59. The van der Waals surface area contributed by atoms with Crippen LogP contribution in [0.3, 0.4) is 0 Å². The molecule has 0 saturated carbocycles. The lowest BCUT2D eigenvalue weighted by molar-refractivity contribution is 0.199. The van der Waals surface area contributed by atoms with Crippen LogP contribution >= 0.6 is 11.6 Å². The Labute approximate surface area is 149 Å². The maximum absolute atomic E-state index is 14.1. The van der Waals surface area contributed by atoms with Gasteiger partial charge in [-0.05, 0) is 36.4 Å². The van der Waals surface area contributed by atoms with Crippen LogP contribution in [-0.2, 0) is 6.67 Å². The molecule has 2 aromatic carbocycles. The first-order valence-corrected chi connectivity index (χ1v) is 8.52. The van der Waals surface area contributed by atoms with E-state index in [0.29, 0.717) is 12.1 Å². The number of halogens is 3. The zero-order valence-corrected chi connectivity index (χ0v) is 14.3. The van der Waals surface area contributed by atoms with Crippen LogP contribution in [-0.4, -0.2) is 40.9 Å². The minimum Gasteiger partial charge on any atom is -0.369 e. The Bertz CT molecular complexity index is 886. The molecule has 7 heteroatoms. The number of anilines is 1. The molecule has 3 aromatic rings. The summed E-state index contributed by atoms with van der Waals surface area (Å²) in [5.74, 6) is -1.68. The highest BCUT2D eigenvalue weighted by atomic mass is 35.5. The third kappa shape index (κ3) is 3.19. The van der Waals surface area contributed by atoms with Crippen LogP contribution in [0.4, 0.5) is 14.5 Å². The average Bonchev–Trinajstić information content (AvgIpc) is 3.03. The maximum atomic E-state index is 14.1. The lowest BCUT2D eigenvalue weighted by Crippen LogP contribution is -2.46. The van der Waals surface area contributed by atoms with Crippen LogP contribution in [0.5, 0.6) is 0 Å². The topological polar surface area (TPSA) is 24.3 Å². The van der Waals surface area contributed by atoms with E-state index in [1.54, 1.807) is 12.3 Å². The first-order chi connectivity index (χ1) is 12.1. The summed E-state index contributed by atoms with van der Waals surface area (Å²) in [6, 6.07) is 10.5. The van der Waals surface area contributed by atoms with Gasteiger partial charge in [0.05, 0.1) is 12.9 Å². The van der Waals surface area contributed by atoms with Crippen LogP contribution in [0.15, 0.2) is 42.6 Å². The quantitative estimate of drug-likeness (QED) is 0.709. The van der Waals surface area contributed by atoms with Crippen LogP contribution < -0.4 is 4.90 Å². The van der Waals surface area contributed by atoms with Gasteiger partial charge in [-0.15, -0.1) is 0 Å². The van der Waals surface area contributed by atoms with E-state index in [2.05, 4.69) is 14.9 Å². The fourth-order valence-corrected chi connectivity index (χ4v) is 3.33. The number of hydrogen-bond donors (Lipinski definition) is 0. The Morgan fingerprint density at radius 2 is 1.68 bits per heavy atom. The van der Waals surface area contributed by atoms with Gasteiger partial charge in [0, 0.05) is 42.3 Å². The van der Waals surface area contributed by atoms with Crippen molar-refractivity contribution in [2.24, 2.45) is 0 Å². The van der Waals surface area contributed by atoms with E-state index in [1.165, 1.54) is 4.68 Å². The van der Waals surface area contributed by atoms with Crippen molar-refractivity contribution >= 4 is 28.2 Å². The molecule has 4 nitrogen and oxygen atoms in total. The van der Waals surface area contributed by atoms with Gasteiger partial charge < -0.3 is 4.90 Å². The molecule has 2 heterocycles.